The zero-order valence-corrected chi connectivity index (χ0v) is 9.10. The normalized spacial score (nSPS) is 10.6. The van der Waals surface area contributed by atoms with Gasteiger partial charge in [-0.05, 0) is 0 Å². The van der Waals surface area contributed by atoms with E-state index in [1.54, 1.807) is 0 Å². The van der Waals surface area contributed by atoms with Crippen LogP contribution in [0.5, 0.6) is 0 Å². The molecule has 0 aliphatic heterocycles. The van der Waals surface area contributed by atoms with Crippen LogP contribution in [0.25, 0.3) is 11.6 Å². The van der Waals surface area contributed by atoms with Gasteiger partial charge >= 0.3 is 0 Å². The van der Waals surface area contributed by atoms with Crippen molar-refractivity contribution in [3.63, 3.8) is 0 Å². The topological polar surface area (TPSA) is 87.2 Å². The van der Waals surface area contributed by atoms with Gasteiger partial charge in [-0.15, -0.1) is 0 Å². The SMILES string of the molecule is Clc1c(-n2cncn2)ncnc1-n1cncn1. The first-order valence-corrected chi connectivity index (χ1v) is 4.94. The van der Waals surface area contributed by atoms with Crippen molar-refractivity contribution < 1.29 is 0 Å². The molecule has 3 heterocycles. The summed E-state index contributed by atoms with van der Waals surface area (Å²) in [7, 11) is 0. The molecule has 0 aliphatic carbocycles. The van der Waals surface area contributed by atoms with E-state index in [1.165, 1.54) is 41.0 Å². The van der Waals surface area contributed by atoms with Gasteiger partial charge in [-0.1, -0.05) is 11.6 Å². The van der Waals surface area contributed by atoms with E-state index < -0.39 is 0 Å². The van der Waals surface area contributed by atoms with Gasteiger partial charge in [-0.25, -0.2) is 29.3 Å². The van der Waals surface area contributed by atoms with Gasteiger partial charge in [-0.3, -0.25) is 0 Å². The fourth-order valence-electron chi connectivity index (χ4n) is 1.31. The number of hydrogen-bond donors (Lipinski definition) is 0. The second kappa shape index (κ2) is 3.91. The van der Waals surface area contributed by atoms with Gasteiger partial charge in [-0.2, -0.15) is 10.2 Å². The molecule has 0 amide bonds. The molecule has 0 radical (unpaired) electrons. The average molecular weight is 249 g/mol. The quantitative estimate of drug-likeness (QED) is 0.648. The van der Waals surface area contributed by atoms with Crippen molar-refractivity contribution in [3.05, 3.63) is 36.7 Å². The van der Waals surface area contributed by atoms with Crippen LogP contribution in [-0.2, 0) is 0 Å². The highest BCUT2D eigenvalue weighted by Gasteiger charge is 2.13. The fraction of sp³-hybridized carbons (Fsp3) is 0. The molecule has 8 nitrogen and oxygen atoms in total. The zero-order chi connectivity index (χ0) is 11.7. The summed E-state index contributed by atoms with van der Waals surface area (Å²) in [6.07, 6.45) is 7.17. The summed E-state index contributed by atoms with van der Waals surface area (Å²) in [6, 6.07) is 0. The largest absolute Gasteiger partial charge is 0.223 e. The molecule has 0 aromatic carbocycles. The summed E-state index contributed by atoms with van der Waals surface area (Å²) in [6.45, 7) is 0. The maximum absolute atomic E-state index is 6.19. The van der Waals surface area contributed by atoms with Gasteiger partial charge in [0.25, 0.3) is 0 Å². The number of nitrogens with zero attached hydrogens (tertiary/aromatic N) is 8. The standard InChI is InChI=1S/C8H5ClN8/c9-6-7(16-4-10-1-14-16)12-3-13-8(6)17-5-11-2-15-17/h1-5H. The van der Waals surface area contributed by atoms with Crippen molar-refractivity contribution in [2.75, 3.05) is 0 Å². The van der Waals surface area contributed by atoms with Crippen LogP contribution >= 0.6 is 11.6 Å². The number of hydrogen-bond acceptors (Lipinski definition) is 6. The van der Waals surface area contributed by atoms with Gasteiger partial charge in [0.05, 0.1) is 0 Å². The first-order chi connectivity index (χ1) is 8.36. The fourth-order valence-corrected chi connectivity index (χ4v) is 1.58. The molecule has 0 unspecified atom stereocenters. The minimum absolute atomic E-state index is 0.323. The molecule has 9 heteroatoms. The molecule has 3 aromatic rings. The van der Waals surface area contributed by atoms with Crippen molar-refractivity contribution in [2.24, 2.45) is 0 Å². The van der Waals surface area contributed by atoms with E-state index in [9.17, 15) is 0 Å². The lowest BCUT2D eigenvalue weighted by molar-refractivity contribution is 0.802. The Kier molecular flexibility index (Phi) is 2.26. The summed E-state index contributed by atoms with van der Waals surface area (Å²) >= 11 is 6.19. The van der Waals surface area contributed by atoms with Crippen molar-refractivity contribution in [1.82, 2.24) is 39.5 Å². The molecule has 0 fully saturated rings. The zero-order valence-electron chi connectivity index (χ0n) is 8.34. The van der Waals surface area contributed by atoms with Crippen LogP contribution in [0.2, 0.25) is 5.02 Å². The molecule has 0 atom stereocenters. The Hall–Kier alpha value is -2.35. The Morgan fingerprint density at radius 1 is 0.824 bits per heavy atom. The Labute approximate surface area is 99.9 Å². The van der Waals surface area contributed by atoms with Crippen LogP contribution in [-0.4, -0.2) is 39.5 Å². The molecule has 3 rings (SSSR count). The maximum atomic E-state index is 6.19. The molecule has 0 saturated carbocycles. The van der Waals surface area contributed by atoms with Crippen LogP contribution in [0.15, 0.2) is 31.6 Å². The summed E-state index contributed by atoms with van der Waals surface area (Å²) < 4.78 is 2.90. The first-order valence-electron chi connectivity index (χ1n) is 4.57. The number of halogens is 1. The summed E-state index contributed by atoms with van der Waals surface area (Å²) in [4.78, 5) is 15.8. The summed E-state index contributed by atoms with van der Waals surface area (Å²) in [5.41, 5.74) is 0. The lowest BCUT2D eigenvalue weighted by Crippen LogP contribution is -2.06. The first kappa shape index (κ1) is 9.85. The molecule has 17 heavy (non-hydrogen) atoms. The molecule has 84 valence electrons. The van der Waals surface area contributed by atoms with E-state index in [1.807, 2.05) is 0 Å². The number of aromatic nitrogens is 8. The van der Waals surface area contributed by atoms with Gasteiger partial charge in [0.15, 0.2) is 11.6 Å². The predicted molar refractivity (Wildman–Crippen MR) is 56.9 cm³/mol. The highest BCUT2D eigenvalue weighted by atomic mass is 35.5. The molecular weight excluding hydrogens is 244 g/mol. The van der Waals surface area contributed by atoms with E-state index in [0.29, 0.717) is 16.7 Å². The van der Waals surface area contributed by atoms with Crippen molar-refractivity contribution in [2.45, 2.75) is 0 Å². The molecule has 0 N–H and O–H groups in total. The molecule has 0 spiro atoms. The second-order valence-corrected chi connectivity index (χ2v) is 3.39. The van der Waals surface area contributed by atoms with Crippen molar-refractivity contribution in [1.29, 1.82) is 0 Å². The van der Waals surface area contributed by atoms with E-state index in [-0.39, 0.29) is 0 Å². The van der Waals surface area contributed by atoms with Gasteiger partial charge < -0.3 is 0 Å². The van der Waals surface area contributed by atoms with Crippen LogP contribution in [0, 0.1) is 0 Å². The lowest BCUT2D eigenvalue weighted by atomic mass is 10.5. The summed E-state index contributed by atoms with van der Waals surface area (Å²) in [5, 5.41) is 8.23. The molecular formula is C8H5ClN8. The van der Waals surface area contributed by atoms with Gasteiger partial charge in [0.2, 0.25) is 0 Å². The van der Waals surface area contributed by atoms with Crippen molar-refractivity contribution >= 4 is 11.6 Å². The van der Waals surface area contributed by atoms with E-state index in [2.05, 4.69) is 30.1 Å². The molecule has 0 saturated heterocycles. The third kappa shape index (κ3) is 1.64. The van der Waals surface area contributed by atoms with Gasteiger partial charge in [0, 0.05) is 0 Å². The minimum atomic E-state index is 0.323. The van der Waals surface area contributed by atoms with Crippen LogP contribution in [0.4, 0.5) is 0 Å². The second-order valence-electron chi connectivity index (χ2n) is 3.01. The van der Waals surface area contributed by atoms with E-state index >= 15 is 0 Å². The van der Waals surface area contributed by atoms with Crippen LogP contribution in [0.1, 0.15) is 0 Å². The Morgan fingerprint density at radius 3 is 1.76 bits per heavy atom. The predicted octanol–water partition coefficient (Wildman–Crippen LogP) is 0.291. The minimum Gasteiger partial charge on any atom is -0.223 e. The average Bonchev–Trinajstić information content (AvgIpc) is 3.02. The maximum Gasteiger partial charge on any atom is 0.179 e. The Bertz CT molecular complexity index is 565. The third-order valence-electron chi connectivity index (χ3n) is 2.02. The van der Waals surface area contributed by atoms with E-state index in [0.717, 1.165) is 0 Å². The smallest absolute Gasteiger partial charge is 0.179 e. The Morgan fingerprint density at radius 2 is 1.35 bits per heavy atom. The molecule has 3 aromatic heterocycles. The third-order valence-corrected chi connectivity index (χ3v) is 2.36. The van der Waals surface area contributed by atoms with Gasteiger partial charge in [0.1, 0.15) is 36.7 Å². The molecule has 0 aliphatic rings. The highest BCUT2D eigenvalue weighted by Crippen LogP contribution is 2.21. The van der Waals surface area contributed by atoms with E-state index in [4.69, 9.17) is 11.6 Å². The Balaban J connectivity index is 2.17. The van der Waals surface area contributed by atoms with Crippen LogP contribution < -0.4 is 0 Å². The lowest BCUT2D eigenvalue weighted by Gasteiger charge is -2.05. The highest BCUT2D eigenvalue weighted by molar-refractivity contribution is 6.33. The van der Waals surface area contributed by atoms with Crippen LogP contribution in [0.3, 0.4) is 0 Å². The number of rotatable bonds is 2. The summed E-state index contributed by atoms with van der Waals surface area (Å²) in [5.74, 6) is 0.870. The molecule has 0 bridgehead atoms. The monoisotopic (exact) mass is 248 g/mol. The van der Waals surface area contributed by atoms with Crippen molar-refractivity contribution in [3.8, 4) is 11.6 Å².